The van der Waals surface area contributed by atoms with Gasteiger partial charge < -0.3 is 15.3 Å². The molecule has 1 aromatic rings. The zero-order valence-corrected chi connectivity index (χ0v) is 15.3. The third-order valence-corrected chi connectivity index (χ3v) is 4.30. The molecule has 0 spiro atoms. The largest absolute Gasteiger partial charge is 0.395 e. The number of aliphatic hydroxyl groups is 1. The second kappa shape index (κ2) is 10.6. The van der Waals surface area contributed by atoms with E-state index in [9.17, 15) is 0 Å². The summed E-state index contributed by atoms with van der Waals surface area (Å²) in [5.74, 6) is 0. The van der Waals surface area contributed by atoms with Crippen LogP contribution >= 0.6 is 27.5 Å². The summed E-state index contributed by atoms with van der Waals surface area (Å²) in [6, 6.07) is 6.30. The van der Waals surface area contributed by atoms with Crippen molar-refractivity contribution in [2.75, 3.05) is 32.8 Å². The second-order valence-corrected chi connectivity index (χ2v) is 6.45. The molecule has 0 bridgehead atoms. The molecule has 0 aliphatic heterocycles. The van der Waals surface area contributed by atoms with Gasteiger partial charge in [0, 0.05) is 28.6 Å². The van der Waals surface area contributed by atoms with Crippen LogP contribution in [0, 0.1) is 0 Å². The van der Waals surface area contributed by atoms with E-state index in [0.29, 0.717) is 0 Å². The van der Waals surface area contributed by atoms with E-state index in [1.807, 2.05) is 12.1 Å². The molecule has 1 aromatic carbocycles. The normalized spacial score (nSPS) is 12.9. The highest BCUT2D eigenvalue weighted by atomic mass is 79.9. The monoisotopic (exact) mass is 376 g/mol. The Kier molecular flexibility index (Phi) is 9.52. The van der Waals surface area contributed by atoms with Gasteiger partial charge in [0.15, 0.2) is 0 Å². The van der Waals surface area contributed by atoms with E-state index in [-0.39, 0.29) is 12.6 Å². The fourth-order valence-electron chi connectivity index (χ4n) is 2.50. The number of nitrogens with one attached hydrogen (secondary N) is 1. The summed E-state index contributed by atoms with van der Waals surface area (Å²) >= 11 is 9.82. The minimum Gasteiger partial charge on any atom is -0.395 e. The number of nitrogens with zero attached hydrogens (tertiary/aromatic N) is 1. The first-order valence-corrected chi connectivity index (χ1v) is 8.81. The topological polar surface area (TPSA) is 35.5 Å². The predicted molar refractivity (Wildman–Crippen MR) is 94.0 cm³/mol. The zero-order chi connectivity index (χ0) is 15.7. The molecule has 0 aromatic heterocycles. The predicted octanol–water partition coefficient (Wildman–Crippen LogP) is 3.85. The molecule has 0 aliphatic rings. The third kappa shape index (κ3) is 6.66. The van der Waals surface area contributed by atoms with Gasteiger partial charge >= 0.3 is 0 Å². The highest BCUT2D eigenvalue weighted by Crippen LogP contribution is 2.28. The molecule has 3 nitrogen and oxygen atoms in total. The Hall–Kier alpha value is -0.130. The van der Waals surface area contributed by atoms with Gasteiger partial charge in [-0.15, -0.1) is 0 Å². The van der Waals surface area contributed by atoms with Crippen molar-refractivity contribution in [1.29, 1.82) is 0 Å². The van der Waals surface area contributed by atoms with E-state index < -0.39 is 0 Å². The number of rotatable bonds is 10. The molecule has 0 amide bonds. The summed E-state index contributed by atoms with van der Waals surface area (Å²) in [7, 11) is 0. The average Bonchev–Trinajstić information content (AvgIpc) is 2.44. The molecule has 21 heavy (non-hydrogen) atoms. The number of benzene rings is 1. The van der Waals surface area contributed by atoms with Crippen LogP contribution in [0.25, 0.3) is 0 Å². The smallest absolute Gasteiger partial charge is 0.0558 e. The first-order chi connectivity index (χ1) is 10.1. The average molecular weight is 378 g/mol. The van der Waals surface area contributed by atoms with E-state index in [1.165, 1.54) is 0 Å². The van der Waals surface area contributed by atoms with Gasteiger partial charge in [-0.1, -0.05) is 47.4 Å². The van der Waals surface area contributed by atoms with Crippen LogP contribution in [-0.4, -0.2) is 42.8 Å². The Morgan fingerprint density at radius 1 is 1.29 bits per heavy atom. The van der Waals surface area contributed by atoms with Crippen molar-refractivity contribution in [2.24, 2.45) is 0 Å². The summed E-state index contributed by atoms with van der Waals surface area (Å²) in [6.07, 6.45) is 2.08. The van der Waals surface area contributed by atoms with E-state index in [0.717, 1.165) is 54.1 Å². The number of aliphatic hydroxyl groups excluding tert-OH is 1. The maximum atomic E-state index is 9.14. The quantitative estimate of drug-likeness (QED) is 0.650. The lowest BCUT2D eigenvalue weighted by Gasteiger charge is -2.25. The van der Waals surface area contributed by atoms with Gasteiger partial charge in [0.05, 0.1) is 6.61 Å². The lowest BCUT2D eigenvalue weighted by Crippen LogP contribution is -2.32. The molecule has 0 saturated heterocycles. The van der Waals surface area contributed by atoms with Crippen molar-refractivity contribution < 1.29 is 5.11 Å². The fourth-order valence-corrected chi connectivity index (χ4v) is 3.31. The number of hydrogen-bond donors (Lipinski definition) is 2. The summed E-state index contributed by atoms with van der Waals surface area (Å²) in [4.78, 5) is 2.30. The Balaban J connectivity index is 2.72. The zero-order valence-electron chi connectivity index (χ0n) is 12.9. The molecule has 2 N–H and O–H groups in total. The highest BCUT2D eigenvalue weighted by molar-refractivity contribution is 9.10. The molecule has 0 fully saturated rings. The van der Waals surface area contributed by atoms with E-state index >= 15 is 0 Å². The van der Waals surface area contributed by atoms with Gasteiger partial charge in [0.1, 0.15) is 0 Å². The molecule has 1 unspecified atom stereocenters. The molecule has 0 heterocycles. The molecular formula is C16H26BrClN2O. The maximum Gasteiger partial charge on any atom is 0.0558 e. The lowest BCUT2D eigenvalue weighted by molar-refractivity contribution is 0.189. The van der Waals surface area contributed by atoms with Crippen molar-refractivity contribution >= 4 is 27.5 Å². The van der Waals surface area contributed by atoms with E-state index in [1.54, 1.807) is 0 Å². The van der Waals surface area contributed by atoms with Gasteiger partial charge in [-0.25, -0.2) is 0 Å². The Morgan fingerprint density at radius 3 is 2.62 bits per heavy atom. The SMILES string of the molecule is CCCN(CCO)CCC(NCC)c1ccc(Br)cc1Cl. The Labute approximate surface area is 141 Å². The third-order valence-electron chi connectivity index (χ3n) is 3.48. The van der Waals surface area contributed by atoms with Gasteiger partial charge in [-0.2, -0.15) is 0 Å². The van der Waals surface area contributed by atoms with Crippen molar-refractivity contribution in [1.82, 2.24) is 10.2 Å². The van der Waals surface area contributed by atoms with Gasteiger partial charge in [0.25, 0.3) is 0 Å². The molecule has 1 atom stereocenters. The number of hydrogen-bond acceptors (Lipinski definition) is 3. The van der Waals surface area contributed by atoms with Crippen LogP contribution in [0.3, 0.4) is 0 Å². The number of halogens is 2. The Morgan fingerprint density at radius 2 is 2.05 bits per heavy atom. The second-order valence-electron chi connectivity index (χ2n) is 5.13. The molecule has 120 valence electrons. The first kappa shape index (κ1) is 18.9. The minimum atomic E-state index is 0.213. The van der Waals surface area contributed by atoms with Crippen LogP contribution in [0.5, 0.6) is 0 Å². The van der Waals surface area contributed by atoms with Crippen molar-refractivity contribution in [3.8, 4) is 0 Å². The van der Waals surface area contributed by atoms with Crippen LogP contribution in [0.15, 0.2) is 22.7 Å². The maximum absolute atomic E-state index is 9.14. The van der Waals surface area contributed by atoms with Crippen molar-refractivity contribution in [2.45, 2.75) is 32.7 Å². The summed E-state index contributed by atoms with van der Waals surface area (Å²) in [5.41, 5.74) is 1.14. The van der Waals surface area contributed by atoms with Gasteiger partial charge in [-0.3, -0.25) is 0 Å². The fraction of sp³-hybridized carbons (Fsp3) is 0.625. The molecule has 0 aliphatic carbocycles. The van der Waals surface area contributed by atoms with Crippen molar-refractivity contribution in [3.63, 3.8) is 0 Å². The molecule has 0 radical (unpaired) electrons. The Bertz CT molecular complexity index is 411. The molecule has 0 saturated carbocycles. The van der Waals surface area contributed by atoms with Crippen LogP contribution in [0.2, 0.25) is 5.02 Å². The summed E-state index contributed by atoms with van der Waals surface area (Å²) in [6.45, 7) is 8.11. The van der Waals surface area contributed by atoms with Crippen LogP contribution < -0.4 is 5.32 Å². The van der Waals surface area contributed by atoms with E-state index in [2.05, 4.69) is 46.1 Å². The molecule has 1 rings (SSSR count). The summed E-state index contributed by atoms with van der Waals surface area (Å²) < 4.78 is 0.999. The molecular weight excluding hydrogens is 352 g/mol. The lowest BCUT2D eigenvalue weighted by atomic mass is 10.0. The standard InChI is InChI=1S/C16H26BrClN2O/c1-3-8-20(10-11-21)9-7-16(19-4-2)14-6-5-13(17)12-15(14)18/h5-6,12,16,19,21H,3-4,7-11H2,1-2H3. The van der Waals surface area contributed by atoms with E-state index in [4.69, 9.17) is 16.7 Å². The summed E-state index contributed by atoms with van der Waals surface area (Å²) in [5, 5.41) is 13.4. The van der Waals surface area contributed by atoms with Gasteiger partial charge in [0.2, 0.25) is 0 Å². The van der Waals surface area contributed by atoms with Gasteiger partial charge in [-0.05, 0) is 43.6 Å². The molecule has 5 heteroatoms. The first-order valence-electron chi connectivity index (χ1n) is 7.63. The van der Waals surface area contributed by atoms with Crippen LogP contribution in [0.4, 0.5) is 0 Å². The van der Waals surface area contributed by atoms with Crippen LogP contribution in [-0.2, 0) is 0 Å². The van der Waals surface area contributed by atoms with Crippen molar-refractivity contribution in [3.05, 3.63) is 33.3 Å². The highest BCUT2D eigenvalue weighted by Gasteiger charge is 2.15. The minimum absolute atomic E-state index is 0.213. The van der Waals surface area contributed by atoms with Crippen LogP contribution in [0.1, 0.15) is 38.3 Å².